The Kier molecular flexibility index (Phi) is 2.91. The monoisotopic (exact) mass is 156 g/mol. The third kappa shape index (κ3) is 1.94. The number of methoxy groups -OCH3 is 1. The molecule has 0 saturated heterocycles. The maximum absolute atomic E-state index is 5.07. The van der Waals surface area contributed by atoms with Crippen LogP contribution in [0.25, 0.3) is 0 Å². The second kappa shape index (κ2) is 3.74. The van der Waals surface area contributed by atoms with Crippen LogP contribution in [0.15, 0.2) is 12.3 Å². The Labute approximate surface area is 68.2 Å². The lowest BCUT2D eigenvalue weighted by atomic mass is 10.3. The molecule has 0 bridgehead atoms. The van der Waals surface area contributed by atoms with Gasteiger partial charge in [0.05, 0.1) is 6.17 Å². The van der Waals surface area contributed by atoms with Gasteiger partial charge in [0.1, 0.15) is 6.73 Å². The van der Waals surface area contributed by atoms with Crippen LogP contribution in [0.1, 0.15) is 6.92 Å². The van der Waals surface area contributed by atoms with Crippen LogP contribution in [0, 0.1) is 0 Å². The summed E-state index contributed by atoms with van der Waals surface area (Å²) in [7, 11) is 3.80. The van der Waals surface area contributed by atoms with Crippen molar-refractivity contribution in [2.45, 2.75) is 13.1 Å². The van der Waals surface area contributed by atoms with Crippen molar-refractivity contribution >= 4 is 0 Å². The molecule has 1 atom stereocenters. The van der Waals surface area contributed by atoms with Crippen LogP contribution in [0.5, 0.6) is 0 Å². The fourth-order valence-electron chi connectivity index (χ4n) is 1.21. The zero-order valence-corrected chi connectivity index (χ0v) is 7.45. The summed E-state index contributed by atoms with van der Waals surface area (Å²) in [5.74, 6) is 0. The molecule has 1 rings (SSSR count). The molecule has 1 aliphatic heterocycles. The molecular weight excluding hydrogens is 140 g/mol. The zero-order valence-electron chi connectivity index (χ0n) is 7.45. The van der Waals surface area contributed by atoms with E-state index in [9.17, 15) is 0 Å². The molecule has 0 N–H and O–H groups in total. The molecule has 1 heterocycles. The average Bonchev–Trinajstić information content (AvgIpc) is 1.99. The van der Waals surface area contributed by atoms with Crippen LogP contribution in [0.3, 0.4) is 0 Å². The van der Waals surface area contributed by atoms with Crippen LogP contribution < -0.4 is 0 Å². The summed E-state index contributed by atoms with van der Waals surface area (Å²) >= 11 is 0. The van der Waals surface area contributed by atoms with Crippen molar-refractivity contribution in [3.63, 3.8) is 0 Å². The second-order valence-corrected chi connectivity index (χ2v) is 2.87. The lowest BCUT2D eigenvalue weighted by molar-refractivity contribution is 0.000376. The number of hydrogen-bond acceptors (Lipinski definition) is 3. The Balaban J connectivity index is 2.48. The summed E-state index contributed by atoms with van der Waals surface area (Å²) in [5, 5.41) is 0. The second-order valence-electron chi connectivity index (χ2n) is 2.87. The standard InChI is InChI=1S/C8H16N2O/c1-8-9(2)5-4-6-10(8)7-11-3/h4-5,8H,6-7H2,1-3H3. The van der Waals surface area contributed by atoms with E-state index in [1.807, 2.05) is 0 Å². The molecule has 0 fully saturated rings. The molecule has 0 aliphatic carbocycles. The average molecular weight is 156 g/mol. The molecule has 1 unspecified atom stereocenters. The van der Waals surface area contributed by atoms with Gasteiger partial charge in [-0.05, 0) is 13.1 Å². The van der Waals surface area contributed by atoms with Crippen molar-refractivity contribution in [2.75, 3.05) is 27.4 Å². The minimum Gasteiger partial charge on any atom is -0.369 e. The van der Waals surface area contributed by atoms with Gasteiger partial charge in [-0.25, -0.2) is 0 Å². The Morgan fingerprint density at radius 1 is 1.64 bits per heavy atom. The molecule has 1 aliphatic rings. The molecule has 0 aromatic carbocycles. The molecule has 0 aromatic rings. The molecule has 3 heteroatoms. The van der Waals surface area contributed by atoms with E-state index >= 15 is 0 Å². The first kappa shape index (κ1) is 8.56. The van der Waals surface area contributed by atoms with Crippen LogP contribution in [-0.4, -0.2) is 43.4 Å². The van der Waals surface area contributed by atoms with Crippen LogP contribution in [-0.2, 0) is 4.74 Å². The van der Waals surface area contributed by atoms with Crippen molar-refractivity contribution in [1.82, 2.24) is 9.80 Å². The number of rotatable bonds is 2. The topological polar surface area (TPSA) is 15.7 Å². The van der Waals surface area contributed by atoms with E-state index in [-0.39, 0.29) is 0 Å². The number of ether oxygens (including phenoxy) is 1. The van der Waals surface area contributed by atoms with E-state index in [2.05, 4.69) is 36.0 Å². The highest BCUT2D eigenvalue weighted by Crippen LogP contribution is 2.08. The molecule has 0 amide bonds. The van der Waals surface area contributed by atoms with Gasteiger partial charge in [-0.2, -0.15) is 0 Å². The first-order valence-corrected chi connectivity index (χ1v) is 3.87. The van der Waals surface area contributed by atoms with E-state index in [4.69, 9.17) is 4.74 Å². The molecule has 11 heavy (non-hydrogen) atoms. The smallest absolute Gasteiger partial charge is 0.100 e. The largest absolute Gasteiger partial charge is 0.369 e. The summed E-state index contributed by atoms with van der Waals surface area (Å²) in [5.41, 5.74) is 0. The van der Waals surface area contributed by atoms with E-state index in [1.54, 1.807) is 7.11 Å². The van der Waals surface area contributed by atoms with Crippen molar-refractivity contribution in [3.8, 4) is 0 Å². The first-order chi connectivity index (χ1) is 5.25. The van der Waals surface area contributed by atoms with Gasteiger partial charge in [-0.3, -0.25) is 4.90 Å². The third-order valence-corrected chi connectivity index (χ3v) is 2.09. The molecule has 3 nitrogen and oxygen atoms in total. The van der Waals surface area contributed by atoms with Crippen molar-refractivity contribution in [3.05, 3.63) is 12.3 Å². The summed E-state index contributed by atoms with van der Waals surface area (Å²) in [6.07, 6.45) is 4.69. The van der Waals surface area contributed by atoms with Gasteiger partial charge >= 0.3 is 0 Å². The summed E-state index contributed by atoms with van der Waals surface area (Å²) < 4.78 is 5.07. The number of hydrogen-bond donors (Lipinski definition) is 0. The summed E-state index contributed by atoms with van der Waals surface area (Å²) in [6, 6.07) is 0. The Bertz CT molecular complexity index is 147. The first-order valence-electron chi connectivity index (χ1n) is 3.87. The molecule has 64 valence electrons. The quantitative estimate of drug-likeness (QED) is 0.585. The van der Waals surface area contributed by atoms with Crippen molar-refractivity contribution < 1.29 is 4.74 Å². The molecule has 0 saturated carbocycles. The number of nitrogens with zero attached hydrogens (tertiary/aromatic N) is 2. The van der Waals surface area contributed by atoms with Gasteiger partial charge in [-0.15, -0.1) is 0 Å². The summed E-state index contributed by atoms with van der Waals surface area (Å²) in [4.78, 5) is 4.42. The Hall–Kier alpha value is -0.540. The highest BCUT2D eigenvalue weighted by Gasteiger charge is 2.17. The predicted octanol–water partition coefficient (Wildman–Crippen LogP) is 0.697. The fraction of sp³-hybridized carbons (Fsp3) is 0.750. The fourth-order valence-corrected chi connectivity index (χ4v) is 1.21. The molecular formula is C8H16N2O. The lowest BCUT2D eigenvalue weighted by Crippen LogP contribution is -2.45. The van der Waals surface area contributed by atoms with Gasteiger partial charge in [0.15, 0.2) is 0 Å². The highest BCUT2D eigenvalue weighted by atomic mass is 16.5. The van der Waals surface area contributed by atoms with Crippen LogP contribution in [0.4, 0.5) is 0 Å². The van der Waals surface area contributed by atoms with Gasteiger partial charge in [-0.1, -0.05) is 6.08 Å². The third-order valence-electron chi connectivity index (χ3n) is 2.09. The van der Waals surface area contributed by atoms with Crippen molar-refractivity contribution in [2.24, 2.45) is 0 Å². The van der Waals surface area contributed by atoms with Gasteiger partial charge in [0.2, 0.25) is 0 Å². The van der Waals surface area contributed by atoms with Crippen LogP contribution >= 0.6 is 0 Å². The maximum atomic E-state index is 5.07. The van der Waals surface area contributed by atoms with E-state index in [0.717, 1.165) is 6.54 Å². The molecule has 0 spiro atoms. The predicted molar refractivity (Wildman–Crippen MR) is 44.9 cm³/mol. The Morgan fingerprint density at radius 3 is 3.00 bits per heavy atom. The molecule has 0 radical (unpaired) electrons. The van der Waals surface area contributed by atoms with Gasteiger partial charge < -0.3 is 9.64 Å². The minimum absolute atomic E-state index is 0.444. The Morgan fingerprint density at radius 2 is 2.36 bits per heavy atom. The minimum atomic E-state index is 0.444. The van der Waals surface area contributed by atoms with Crippen molar-refractivity contribution in [1.29, 1.82) is 0 Å². The van der Waals surface area contributed by atoms with Gasteiger partial charge in [0.25, 0.3) is 0 Å². The van der Waals surface area contributed by atoms with E-state index in [1.165, 1.54) is 0 Å². The van der Waals surface area contributed by atoms with E-state index in [0.29, 0.717) is 12.9 Å². The normalized spacial score (nSPS) is 26.1. The lowest BCUT2D eigenvalue weighted by Gasteiger charge is -2.36. The maximum Gasteiger partial charge on any atom is 0.100 e. The van der Waals surface area contributed by atoms with Gasteiger partial charge in [0, 0.05) is 20.7 Å². The highest BCUT2D eigenvalue weighted by molar-refractivity contribution is 4.91. The zero-order chi connectivity index (χ0) is 8.27. The van der Waals surface area contributed by atoms with E-state index < -0.39 is 0 Å². The molecule has 0 aromatic heterocycles. The van der Waals surface area contributed by atoms with Crippen LogP contribution in [0.2, 0.25) is 0 Å². The SMILES string of the molecule is COCN1CC=CN(C)C1C. The summed E-state index contributed by atoms with van der Waals surface area (Å²) in [6.45, 7) is 3.86.